The van der Waals surface area contributed by atoms with Gasteiger partial charge in [0.25, 0.3) is 0 Å². The monoisotopic (exact) mass is 323 g/mol. The number of thioether (sulfide) groups is 1. The van der Waals surface area contributed by atoms with Gasteiger partial charge in [0.2, 0.25) is 0 Å². The number of rotatable bonds is 6. The Morgan fingerprint density at radius 2 is 2.18 bits per heavy atom. The first-order valence-corrected chi connectivity index (χ1v) is 8.38. The number of aromatic nitrogens is 1. The molecule has 0 bridgehead atoms. The highest BCUT2D eigenvalue weighted by molar-refractivity contribution is 8.14. The van der Waals surface area contributed by atoms with E-state index in [-0.39, 0.29) is 5.50 Å². The second kappa shape index (κ2) is 8.47. The molecule has 7 heteroatoms. The van der Waals surface area contributed by atoms with E-state index in [1.165, 1.54) is 17.3 Å². The Bertz CT molecular complexity index is 505. The largest absolute Gasteiger partial charge is 0.379 e. The molecular formula is C15H25N5OS. The van der Waals surface area contributed by atoms with Crippen molar-refractivity contribution in [3.05, 3.63) is 23.4 Å². The molecular weight excluding hydrogens is 298 g/mol. The minimum atomic E-state index is -0.0527. The van der Waals surface area contributed by atoms with E-state index < -0.39 is 0 Å². The molecule has 2 rings (SSSR count). The molecule has 1 fully saturated rings. The number of nitrogens with one attached hydrogen (secondary N) is 3. The van der Waals surface area contributed by atoms with Gasteiger partial charge in [0.15, 0.2) is 0 Å². The normalized spacial score (nSPS) is 17.2. The highest BCUT2D eigenvalue weighted by Crippen LogP contribution is 2.17. The second-order valence-corrected chi connectivity index (χ2v) is 6.70. The van der Waals surface area contributed by atoms with Crippen LogP contribution in [0.15, 0.2) is 12.1 Å². The van der Waals surface area contributed by atoms with Crippen LogP contribution in [0, 0.1) is 12.3 Å². The van der Waals surface area contributed by atoms with E-state index in [0.29, 0.717) is 5.04 Å². The molecule has 2 heterocycles. The van der Waals surface area contributed by atoms with Gasteiger partial charge in [-0.15, -0.1) is 0 Å². The van der Waals surface area contributed by atoms with Gasteiger partial charge in [-0.3, -0.25) is 15.6 Å². The molecule has 22 heavy (non-hydrogen) atoms. The number of pyridine rings is 1. The first-order valence-electron chi connectivity index (χ1n) is 7.50. The van der Waals surface area contributed by atoms with Gasteiger partial charge in [0.05, 0.1) is 18.3 Å². The molecule has 1 saturated heterocycles. The molecule has 6 nitrogen and oxygen atoms in total. The maximum Gasteiger partial charge on any atom is 0.132 e. The minimum absolute atomic E-state index is 0.0527. The van der Waals surface area contributed by atoms with Crippen molar-refractivity contribution in [1.82, 2.24) is 15.2 Å². The molecule has 1 atom stereocenters. The van der Waals surface area contributed by atoms with Crippen LogP contribution in [0.4, 0.5) is 5.82 Å². The van der Waals surface area contributed by atoms with Gasteiger partial charge in [0.1, 0.15) is 11.3 Å². The van der Waals surface area contributed by atoms with Crippen LogP contribution in [0.25, 0.3) is 0 Å². The average Bonchev–Trinajstić information content (AvgIpc) is 2.46. The Morgan fingerprint density at radius 3 is 2.82 bits per heavy atom. The number of aryl methyl sites for hydroxylation is 1. The third-order valence-electron chi connectivity index (χ3n) is 3.36. The van der Waals surface area contributed by atoms with Gasteiger partial charge in [-0.2, -0.15) is 0 Å². The maximum atomic E-state index is 7.59. The summed E-state index contributed by atoms with van der Waals surface area (Å²) in [6.07, 6.45) is 0. The summed E-state index contributed by atoms with van der Waals surface area (Å²) in [7, 11) is 1.87. The molecule has 0 amide bonds. The summed E-state index contributed by atoms with van der Waals surface area (Å²) >= 11 is 1.44. The van der Waals surface area contributed by atoms with Gasteiger partial charge >= 0.3 is 0 Å². The summed E-state index contributed by atoms with van der Waals surface area (Å²) in [4.78, 5) is 6.94. The quantitative estimate of drug-likeness (QED) is 0.422. The number of hydrogen-bond donors (Lipinski definition) is 3. The molecule has 0 aromatic carbocycles. The molecule has 1 aliphatic rings. The number of ether oxygens (including phenoxy) is 1. The Labute approximate surface area is 136 Å². The van der Waals surface area contributed by atoms with Gasteiger partial charge < -0.3 is 10.1 Å². The van der Waals surface area contributed by atoms with Crippen molar-refractivity contribution in [2.24, 2.45) is 0 Å². The van der Waals surface area contributed by atoms with Crippen LogP contribution in [-0.4, -0.2) is 53.8 Å². The molecule has 0 spiro atoms. The predicted molar refractivity (Wildman–Crippen MR) is 92.5 cm³/mol. The smallest absolute Gasteiger partial charge is 0.132 e. The Hall–Kier alpha value is -1.15. The summed E-state index contributed by atoms with van der Waals surface area (Å²) in [6.45, 7) is 8.29. The van der Waals surface area contributed by atoms with Gasteiger partial charge in [0, 0.05) is 25.3 Å². The third kappa shape index (κ3) is 5.57. The first kappa shape index (κ1) is 17.2. The SMILES string of the molecule is CNC(Nc1cc(CN2CCOCC2)cc(C)n1)SC(C)=N. The molecule has 1 aromatic heterocycles. The van der Waals surface area contributed by atoms with Crippen molar-refractivity contribution in [1.29, 1.82) is 5.41 Å². The van der Waals surface area contributed by atoms with E-state index in [9.17, 15) is 0 Å². The number of morpholine rings is 1. The third-order valence-corrected chi connectivity index (χ3v) is 4.30. The van der Waals surface area contributed by atoms with Crippen molar-refractivity contribution in [3.63, 3.8) is 0 Å². The van der Waals surface area contributed by atoms with Crippen LogP contribution < -0.4 is 10.6 Å². The standard InChI is InChI=1S/C15H25N5OS/c1-11-8-13(10-20-4-6-21-7-5-20)9-14(18-11)19-15(17-3)22-12(2)16/h8-9,15-17H,4-7,10H2,1-3H3,(H,18,19). The molecule has 3 N–H and O–H groups in total. The lowest BCUT2D eigenvalue weighted by Gasteiger charge is -2.27. The van der Waals surface area contributed by atoms with Crippen LogP contribution in [0.1, 0.15) is 18.2 Å². The lowest BCUT2D eigenvalue weighted by Crippen LogP contribution is -2.35. The van der Waals surface area contributed by atoms with Crippen LogP contribution >= 0.6 is 11.8 Å². The lowest BCUT2D eigenvalue weighted by molar-refractivity contribution is 0.0342. The van der Waals surface area contributed by atoms with E-state index in [0.717, 1.165) is 44.4 Å². The first-order chi connectivity index (χ1) is 10.6. The van der Waals surface area contributed by atoms with E-state index in [1.54, 1.807) is 6.92 Å². The fourth-order valence-corrected chi connectivity index (χ4v) is 3.05. The second-order valence-electron chi connectivity index (χ2n) is 5.38. The summed E-state index contributed by atoms with van der Waals surface area (Å²) < 4.78 is 5.39. The van der Waals surface area contributed by atoms with Crippen molar-refractivity contribution in [2.75, 3.05) is 38.7 Å². The average molecular weight is 323 g/mol. The molecule has 0 saturated carbocycles. The lowest BCUT2D eigenvalue weighted by atomic mass is 10.2. The van der Waals surface area contributed by atoms with Crippen LogP contribution in [0.2, 0.25) is 0 Å². The van der Waals surface area contributed by atoms with E-state index in [2.05, 4.69) is 32.7 Å². The van der Waals surface area contributed by atoms with Crippen LogP contribution in [0.5, 0.6) is 0 Å². The summed E-state index contributed by atoms with van der Waals surface area (Å²) in [5, 5.41) is 14.6. The zero-order valence-electron chi connectivity index (χ0n) is 13.5. The van der Waals surface area contributed by atoms with Crippen molar-refractivity contribution in [3.8, 4) is 0 Å². The van der Waals surface area contributed by atoms with Gasteiger partial charge in [-0.05, 0) is 38.6 Å². The maximum absolute atomic E-state index is 7.59. The number of anilines is 1. The van der Waals surface area contributed by atoms with Crippen LogP contribution in [0.3, 0.4) is 0 Å². The number of nitrogens with zero attached hydrogens (tertiary/aromatic N) is 2. The summed E-state index contributed by atoms with van der Waals surface area (Å²) in [6, 6.07) is 4.22. The predicted octanol–water partition coefficient (Wildman–Crippen LogP) is 1.87. The Kier molecular flexibility index (Phi) is 6.63. The Morgan fingerprint density at radius 1 is 1.45 bits per heavy atom. The van der Waals surface area contributed by atoms with Crippen molar-refractivity contribution >= 4 is 22.6 Å². The van der Waals surface area contributed by atoms with Crippen LogP contribution in [-0.2, 0) is 11.3 Å². The molecule has 0 radical (unpaired) electrons. The summed E-state index contributed by atoms with van der Waals surface area (Å²) in [5.41, 5.74) is 2.20. The summed E-state index contributed by atoms with van der Waals surface area (Å²) in [5.74, 6) is 0.844. The molecule has 0 aliphatic carbocycles. The van der Waals surface area contributed by atoms with E-state index in [1.807, 2.05) is 14.0 Å². The Balaban J connectivity index is 2.03. The fourth-order valence-electron chi connectivity index (χ4n) is 2.39. The van der Waals surface area contributed by atoms with E-state index in [4.69, 9.17) is 10.1 Å². The zero-order chi connectivity index (χ0) is 15.9. The van der Waals surface area contributed by atoms with Gasteiger partial charge in [-0.1, -0.05) is 11.8 Å². The molecule has 1 aromatic rings. The minimum Gasteiger partial charge on any atom is -0.379 e. The zero-order valence-corrected chi connectivity index (χ0v) is 14.3. The molecule has 122 valence electrons. The number of hydrogen-bond acceptors (Lipinski definition) is 7. The highest BCUT2D eigenvalue weighted by Gasteiger charge is 2.13. The molecule has 1 unspecified atom stereocenters. The fraction of sp³-hybridized carbons (Fsp3) is 0.600. The van der Waals surface area contributed by atoms with Crippen molar-refractivity contribution in [2.45, 2.75) is 25.9 Å². The van der Waals surface area contributed by atoms with Crippen molar-refractivity contribution < 1.29 is 4.74 Å². The van der Waals surface area contributed by atoms with Gasteiger partial charge in [-0.25, -0.2) is 4.98 Å². The topological polar surface area (TPSA) is 73.3 Å². The van der Waals surface area contributed by atoms with E-state index >= 15 is 0 Å². The molecule has 1 aliphatic heterocycles. The highest BCUT2D eigenvalue weighted by atomic mass is 32.2.